The van der Waals surface area contributed by atoms with Crippen molar-refractivity contribution < 1.29 is 19.2 Å². The van der Waals surface area contributed by atoms with Crippen LogP contribution in [0, 0.1) is 10.1 Å². The van der Waals surface area contributed by atoms with Crippen LogP contribution in [0.4, 0.5) is 11.4 Å². The summed E-state index contributed by atoms with van der Waals surface area (Å²) in [6, 6.07) is 4.30. The third-order valence-corrected chi connectivity index (χ3v) is 2.31. The van der Waals surface area contributed by atoms with Crippen LogP contribution < -0.4 is 10.1 Å². The maximum atomic E-state index is 10.9. The van der Waals surface area contributed by atoms with Gasteiger partial charge in [0.25, 0.3) is 5.69 Å². The number of hydrogen-bond acceptors (Lipinski definition) is 5. The zero-order valence-corrected chi connectivity index (χ0v) is 9.71. The molecule has 0 bridgehead atoms. The van der Waals surface area contributed by atoms with Crippen LogP contribution in [0.1, 0.15) is 6.92 Å². The molecule has 0 aliphatic carbocycles. The number of benzene rings is 1. The molecule has 1 atom stereocenters. The van der Waals surface area contributed by atoms with Crippen LogP contribution in [-0.4, -0.2) is 30.1 Å². The Morgan fingerprint density at radius 3 is 2.94 bits per heavy atom. The van der Waals surface area contributed by atoms with Crippen molar-refractivity contribution >= 4 is 17.3 Å². The fraction of sp³-hybridized carbons (Fsp3) is 0.364. The molecule has 1 saturated heterocycles. The van der Waals surface area contributed by atoms with Gasteiger partial charge in [0.15, 0.2) is 0 Å². The molecule has 7 nitrogen and oxygen atoms in total. The molecule has 96 valence electrons. The standard InChI is InChI=1S/C11H12N2O5/c1-7(14)12-10-3-2-8(4-11(10)13(15)16)17-5-9-6-18-9/h2-4,9H,5-6H2,1H3,(H,12,14). The van der Waals surface area contributed by atoms with Gasteiger partial charge in [0.05, 0.1) is 17.6 Å². The number of nitrogens with one attached hydrogen (secondary N) is 1. The molecular formula is C11H12N2O5. The molecule has 0 spiro atoms. The third kappa shape index (κ3) is 3.17. The average molecular weight is 252 g/mol. The topological polar surface area (TPSA) is 94.0 Å². The van der Waals surface area contributed by atoms with Crippen LogP contribution in [0.25, 0.3) is 0 Å². The fourth-order valence-electron chi connectivity index (χ4n) is 1.40. The number of hydrogen-bond donors (Lipinski definition) is 1. The summed E-state index contributed by atoms with van der Waals surface area (Å²) in [7, 11) is 0. The van der Waals surface area contributed by atoms with Gasteiger partial charge in [0.1, 0.15) is 24.1 Å². The van der Waals surface area contributed by atoms with Crippen molar-refractivity contribution in [3.63, 3.8) is 0 Å². The molecule has 1 aromatic carbocycles. The summed E-state index contributed by atoms with van der Waals surface area (Å²) in [4.78, 5) is 21.2. The lowest BCUT2D eigenvalue weighted by Gasteiger charge is -2.07. The Hall–Kier alpha value is -2.15. The highest BCUT2D eigenvalue weighted by Crippen LogP contribution is 2.29. The van der Waals surface area contributed by atoms with Crippen LogP contribution in [-0.2, 0) is 9.53 Å². The summed E-state index contributed by atoms with van der Waals surface area (Å²) in [5, 5.41) is 13.3. The largest absolute Gasteiger partial charge is 0.491 e. The summed E-state index contributed by atoms with van der Waals surface area (Å²) in [5.74, 6) is 0.0180. The second kappa shape index (κ2) is 5.01. The van der Waals surface area contributed by atoms with Gasteiger partial charge < -0.3 is 14.8 Å². The van der Waals surface area contributed by atoms with Crippen LogP contribution in [0.5, 0.6) is 5.75 Å². The highest BCUT2D eigenvalue weighted by molar-refractivity contribution is 5.91. The van der Waals surface area contributed by atoms with Crippen molar-refractivity contribution in [2.75, 3.05) is 18.5 Å². The van der Waals surface area contributed by atoms with Gasteiger partial charge in [-0.25, -0.2) is 0 Å². The lowest BCUT2D eigenvalue weighted by atomic mass is 10.2. The number of nitro groups is 1. The second-order valence-electron chi connectivity index (χ2n) is 3.88. The number of carbonyl (C=O) groups excluding carboxylic acids is 1. The zero-order chi connectivity index (χ0) is 13.1. The molecule has 7 heteroatoms. The lowest BCUT2D eigenvalue weighted by Crippen LogP contribution is -2.09. The smallest absolute Gasteiger partial charge is 0.296 e. The predicted molar refractivity (Wildman–Crippen MR) is 62.6 cm³/mol. The van der Waals surface area contributed by atoms with Crippen molar-refractivity contribution in [2.24, 2.45) is 0 Å². The molecule has 1 fully saturated rings. The Morgan fingerprint density at radius 2 is 2.39 bits per heavy atom. The number of amides is 1. The van der Waals surface area contributed by atoms with Crippen LogP contribution in [0.15, 0.2) is 18.2 Å². The van der Waals surface area contributed by atoms with E-state index in [2.05, 4.69) is 5.32 Å². The van der Waals surface area contributed by atoms with Gasteiger partial charge >= 0.3 is 0 Å². The summed E-state index contributed by atoms with van der Waals surface area (Å²) < 4.78 is 10.3. The second-order valence-corrected chi connectivity index (χ2v) is 3.88. The number of ether oxygens (including phenoxy) is 2. The number of anilines is 1. The first-order valence-electron chi connectivity index (χ1n) is 5.36. The SMILES string of the molecule is CC(=O)Nc1ccc(OCC2CO2)cc1[N+](=O)[O-]. The van der Waals surface area contributed by atoms with E-state index in [-0.39, 0.29) is 23.4 Å². The van der Waals surface area contributed by atoms with Gasteiger partial charge in [-0.3, -0.25) is 14.9 Å². The van der Waals surface area contributed by atoms with Crippen molar-refractivity contribution in [1.29, 1.82) is 0 Å². The Kier molecular flexibility index (Phi) is 3.42. The van der Waals surface area contributed by atoms with Crippen molar-refractivity contribution in [3.05, 3.63) is 28.3 Å². The molecule has 0 radical (unpaired) electrons. The highest BCUT2D eigenvalue weighted by Gasteiger charge is 2.24. The van der Waals surface area contributed by atoms with E-state index in [1.54, 1.807) is 6.07 Å². The van der Waals surface area contributed by atoms with Crippen LogP contribution in [0.2, 0.25) is 0 Å². The minimum atomic E-state index is -0.564. The summed E-state index contributed by atoms with van der Waals surface area (Å²) in [6.45, 7) is 2.32. The Balaban J connectivity index is 2.15. The van der Waals surface area contributed by atoms with Crippen LogP contribution >= 0.6 is 0 Å². The number of nitro benzene ring substituents is 1. The van der Waals surface area contributed by atoms with Crippen molar-refractivity contribution in [2.45, 2.75) is 13.0 Å². The molecule has 1 N–H and O–H groups in total. The van der Waals surface area contributed by atoms with Crippen LogP contribution in [0.3, 0.4) is 0 Å². The lowest BCUT2D eigenvalue weighted by molar-refractivity contribution is -0.384. The van der Waals surface area contributed by atoms with Gasteiger partial charge in [0.2, 0.25) is 5.91 Å². The molecule has 2 rings (SSSR count). The predicted octanol–water partition coefficient (Wildman–Crippen LogP) is 1.33. The van der Waals surface area contributed by atoms with E-state index in [0.717, 1.165) is 0 Å². The number of epoxide rings is 1. The molecule has 1 unspecified atom stereocenters. The molecule has 1 amide bonds. The first kappa shape index (κ1) is 12.3. The van der Waals surface area contributed by atoms with E-state index < -0.39 is 4.92 Å². The van der Waals surface area contributed by atoms with Crippen molar-refractivity contribution in [3.8, 4) is 5.75 Å². The number of rotatable bonds is 5. The number of carbonyl (C=O) groups is 1. The van der Waals surface area contributed by atoms with Gasteiger partial charge in [-0.2, -0.15) is 0 Å². The van der Waals surface area contributed by atoms with Crippen molar-refractivity contribution in [1.82, 2.24) is 0 Å². The molecule has 1 heterocycles. The Bertz CT molecular complexity index is 484. The van der Waals surface area contributed by atoms with E-state index in [9.17, 15) is 14.9 Å². The monoisotopic (exact) mass is 252 g/mol. The fourth-order valence-corrected chi connectivity index (χ4v) is 1.40. The molecule has 18 heavy (non-hydrogen) atoms. The molecule has 1 aromatic rings. The minimum absolute atomic E-state index is 0.0825. The van der Waals surface area contributed by atoms with E-state index in [1.165, 1.54) is 19.1 Å². The quantitative estimate of drug-likeness (QED) is 0.484. The van der Waals surface area contributed by atoms with Gasteiger partial charge in [-0.1, -0.05) is 0 Å². The minimum Gasteiger partial charge on any atom is -0.491 e. The van der Waals surface area contributed by atoms with E-state index >= 15 is 0 Å². The molecule has 0 aromatic heterocycles. The summed E-state index contributed by atoms with van der Waals surface area (Å²) in [5.41, 5.74) is -0.0399. The molecule has 1 aliphatic rings. The molecular weight excluding hydrogens is 240 g/mol. The molecule has 1 aliphatic heterocycles. The normalized spacial score (nSPS) is 17.1. The Morgan fingerprint density at radius 1 is 1.67 bits per heavy atom. The van der Waals surface area contributed by atoms with E-state index in [4.69, 9.17) is 9.47 Å². The number of nitrogens with zero attached hydrogens (tertiary/aromatic N) is 1. The summed E-state index contributed by atoms with van der Waals surface area (Å²) >= 11 is 0. The average Bonchev–Trinajstić information content (AvgIpc) is 3.10. The van der Waals surface area contributed by atoms with E-state index in [0.29, 0.717) is 19.0 Å². The third-order valence-electron chi connectivity index (χ3n) is 2.31. The van der Waals surface area contributed by atoms with Gasteiger partial charge in [-0.15, -0.1) is 0 Å². The van der Waals surface area contributed by atoms with Gasteiger partial charge in [-0.05, 0) is 12.1 Å². The highest BCUT2D eigenvalue weighted by atomic mass is 16.6. The molecule has 0 saturated carbocycles. The maximum Gasteiger partial charge on any atom is 0.296 e. The first-order valence-corrected chi connectivity index (χ1v) is 5.36. The summed E-state index contributed by atoms with van der Waals surface area (Å²) in [6.07, 6.45) is 0.0825. The first-order chi connectivity index (χ1) is 8.56. The maximum absolute atomic E-state index is 10.9. The van der Waals surface area contributed by atoms with E-state index in [1.807, 2.05) is 0 Å². The zero-order valence-electron chi connectivity index (χ0n) is 9.71. The Labute approximate surface area is 103 Å². The van der Waals surface area contributed by atoms with Gasteiger partial charge in [0, 0.05) is 6.92 Å².